The molecule has 0 spiro atoms. The van der Waals surface area contributed by atoms with Gasteiger partial charge in [0.2, 0.25) is 10.0 Å². The number of primary sulfonamides is 1. The number of likely N-dealkylation sites (tertiary alicyclic amines) is 1. The van der Waals surface area contributed by atoms with Crippen LogP contribution in [0.25, 0.3) is 0 Å². The van der Waals surface area contributed by atoms with Crippen LogP contribution in [-0.4, -0.2) is 65.8 Å². The molecule has 27 heavy (non-hydrogen) atoms. The molecule has 3 N–H and O–H groups in total. The monoisotopic (exact) mass is 398 g/mol. The predicted molar refractivity (Wildman–Crippen MR) is 105 cm³/mol. The molecule has 0 bridgehead atoms. The fraction of sp³-hybridized carbons (Fsp3) is 0.611. The van der Waals surface area contributed by atoms with Gasteiger partial charge in [0.15, 0.2) is 5.96 Å². The van der Waals surface area contributed by atoms with Gasteiger partial charge in [-0.05, 0) is 37.0 Å². The normalized spacial score (nSPS) is 16.6. The van der Waals surface area contributed by atoms with Gasteiger partial charge in [0.05, 0.1) is 11.0 Å². The lowest BCUT2D eigenvalue weighted by Crippen LogP contribution is -2.46. The summed E-state index contributed by atoms with van der Waals surface area (Å²) in [7, 11) is -0.196. The summed E-state index contributed by atoms with van der Waals surface area (Å²) in [4.78, 5) is 6.68. The van der Waals surface area contributed by atoms with Gasteiger partial charge in [0.25, 0.3) is 0 Å². The van der Waals surface area contributed by atoms with E-state index in [2.05, 4.69) is 15.2 Å². The van der Waals surface area contributed by atoms with Crippen LogP contribution in [0.2, 0.25) is 0 Å². The van der Waals surface area contributed by atoms with Gasteiger partial charge in [-0.3, -0.25) is 4.99 Å². The Balaban J connectivity index is 1.78. The van der Waals surface area contributed by atoms with Gasteiger partial charge in [0, 0.05) is 47.0 Å². The maximum atomic E-state index is 11.3. The van der Waals surface area contributed by atoms with E-state index in [1.807, 2.05) is 0 Å². The fourth-order valence-corrected chi connectivity index (χ4v) is 3.51. The van der Waals surface area contributed by atoms with Crippen LogP contribution in [0.4, 0.5) is 0 Å². The topological polar surface area (TPSA) is 106 Å². The summed E-state index contributed by atoms with van der Waals surface area (Å²) in [6.07, 6.45) is 3.15. The lowest BCUT2D eigenvalue weighted by molar-refractivity contribution is 0.00989. The lowest BCUT2D eigenvalue weighted by atomic mass is 10.1. The van der Waals surface area contributed by atoms with Crippen LogP contribution in [0.1, 0.15) is 24.8 Å². The highest BCUT2D eigenvalue weighted by Gasteiger charge is 2.21. The molecule has 0 amide bonds. The molecule has 1 aliphatic rings. The average Bonchev–Trinajstić information content (AvgIpc) is 2.66. The van der Waals surface area contributed by atoms with Crippen molar-refractivity contribution in [1.82, 2.24) is 10.2 Å². The SMILES string of the molecule is CN=C(NCc1ccc(S(N)(=O)=O)cc1)N1CCC(OCCCOC)CC1. The second kappa shape index (κ2) is 10.6. The van der Waals surface area contributed by atoms with Crippen molar-refractivity contribution in [1.29, 1.82) is 0 Å². The van der Waals surface area contributed by atoms with Gasteiger partial charge in [0.1, 0.15) is 0 Å². The van der Waals surface area contributed by atoms with Crippen LogP contribution in [-0.2, 0) is 26.0 Å². The van der Waals surface area contributed by atoms with Gasteiger partial charge in [-0.25, -0.2) is 13.6 Å². The molecule has 0 aromatic heterocycles. The minimum absolute atomic E-state index is 0.114. The van der Waals surface area contributed by atoms with E-state index in [9.17, 15) is 8.42 Å². The highest BCUT2D eigenvalue weighted by atomic mass is 32.2. The molecule has 2 rings (SSSR count). The Morgan fingerprint density at radius 2 is 1.93 bits per heavy atom. The molecule has 1 aromatic rings. The number of piperidine rings is 1. The Bertz CT molecular complexity index is 699. The van der Waals surface area contributed by atoms with E-state index < -0.39 is 10.0 Å². The molecule has 8 nitrogen and oxygen atoms in total. The van der Waals surface area contributed by atoms with E-state index in [1.54, 1.807) is 26.3 Å². The quantitative estimate of drug-likeness (QED) is 0.383. The molecule has 0 radical (unpaired) electrons. The minimum atomic E-state index is -3.66. The van der Waals surface area contributed by atoms with Crippen molar-refractivity contribution in [3.8, 4) is 0 Å². The summed E-state index contributed by atoms with van der Waals surface area (Å²) in [6, 6.07) is 6.53. The van der Waals surface area contributed by atoms with E-state index in [1.165, 1.54) is 12.1 Å². The summed E-state index contributed by atoms with van der Waals surface area (Å²) >= 11 is 0. The zero-order valence-electron chi connectivity index (χ0n) is 16.1. The molecular formula is C18H30N4O4S. The third-order valence-electron chi connectivity index (χ3n) is 4.50. The lowest BCUT2D eigenvalue weighted by Gasteiger charge is -2.34. The summed E-state index contributed by atoms with van der Waals surface area (Å²) in [5.74, 6) is 0.836. The van der Waals surface area contributed by atoms with Crippen LogP contribution < -0.4 is 10.5 Å². The number of nitrogens with zero attached hydrogens (tertiary/aromatic N) is 2. The maximum absolute atomic E-state index is 11.3. The van der Waals surface area contributed by atoms with Gasteiger partial charge in [-0.2, -0.15) is 0 Å². The highest BCUT2D eigenvalue weighted by Crippen LogP contribution is 2.14. The number of ether oxygens (including phenoxy) is 2. The maximum Gasteiger partial charge on any atom is 0.238 e. The van der Waals surface area contributed by atoms with Gasteiger partial charge in [-0.1, -0.05) is 12.1 Å². The fourth-order valence-electron chi connectivity index (χ4n) is 3.00. The van der Waals surface area contributed by atoms with Crippen molar-refractivity contribution < 1.29 is 17.9 Å². The van der Waals surface area contributed by atoms with E-state index >= 15 is 0 Å². The molecule has 1 fully saturated rings. The van der Waals surface area contributed by atoms with Crippen molar-refractivity contribution in [2.45, 2.75) is 36.8 Å². The van der Waals surface area contributed by atoms with Crippen molar-refractivity contribution in [3.05, 3.63) is 29.8 Å². The number of nitrogens with two attached hydrogens (primary N) is 1. The molecule has 0 saturated carbocycles. The molecular weight excluding hydrogens is 368 g/mol. The average molecular weight is 399 g/mol. The summed E-state index contributed by atoms with van der Waals surface area (Å²) in [6.45, 7) is 3.80. The number of aliphatic imine (C=N–C) groups is 1. The van der Waals surface area contributed by atoms with Crippen LogP contribution in [0.3, 0.4) is 0 Å². The van der Waals surface area contributed by atoms with Gasteiger partial charge >= 0.3 is 0 Å². The number of rotatable bonds is 8. The van der Waals surface area contributed by atoms with E-state index in [0.29, 0.717) is 12.6 Å². The Morgan fingerprint density at radius 3 is 2.48 bits per heavy atom. The molecule has 152 valence electrons. The summed E-state index contributed by atoms with van der Waals surface area (Å²) in [5.41, 5.74) is 0.958. The van der Waals surface area contributed by atoms with Gasteiger partial charge < -0.3 is 19.7 Å². The Labute approximate surface area is 161 Å². The Hall–Kier alpha value is -1.68. The summed E-state index contributed by atoms with van der Waals surface area (Å²) in [5, 5.41) is 8.45. The smallest absolute Gasteiger partial charge is 0.238 e. The molecule has 1 saturated heterocycles. The molecule has 0 unspecified atom stereocenters. The second-order valence-corrected chi connectivity index (χ2v) is 8.05. The zero-order chi connectivity index (χ0) is 19.7. The molecule has 0 aliphatic carbocycles. The predicted octanol–water partition coefficient (Wildman–Crippen LogP) is 0.927. The van der Waals surface area contributed by atoms with Crippen LogP contribution in [0.15, 0.2) is 34.2 Å². The van der Waals surface area contributed by atoms with Crippen LogP contribution in [0.5, 0.6) is 0 Å². The summed E-state index contributed by atoms with van der Waals surface area (Å²) < 4.78 is 33.5. The highest BCUT2D eigenvalue weighted by molar-refractivity contribution is 7.89. The van der Waals surface area contributed by atoms with E-state index in [-0.39, 0.29) is 4.90 Å². The van der Waals surface area contributed by atoms with Crippen LogP contribution >= 0.6 is 0 Å². The number of methoxy groups -OCH3 is 1. The number of nitrogens with one attached hydrogen (secondary N) is 1. The largest absolute Gasteiger partial charge is 0.385 e. The first-order chi connectivity index (χ1) is 12.9. The minimum Gasteiger partial charge on any atom is -0.385 e. The van der Waals surface area contributed by atoms with Crippen molar-refractivity contribution in [2.24, 2.45) is 10.1 Å². The van der Waals surface area contributed by atoms with Crippen LogP contribution in [0, 0.1) is 0 Å². The molecule has 9 heteroatoms. The molecule has 1 aliphatic heterocycles. The van der Waals surface area contributed by atoms with Crippen molar-refractivity contribution in [2.75, 3.05) is 40.5 Å². The number of guanidine groups is 1. The van der Waals surface area contributed by atoms with Gasteiger partial charge in [-0.15, -0.1) is 0 Å². The van der Waals surface area contributed by atoms with Crippen molar-refractivity contribution in [3.63, 3.8) is 0 Å². The number of sulfonamides is 1. The first kappa shape index (κ1) is 21.6. The van der Waals surface area contributed by atoms with E-state index in [4.69, 9.17) is 14.6 Å². The molecule has 1 heterocycles. The zero-order valence-corrected chi connectivity index (χ0v) is 16.9. The number of hydrogen-bond donors (Lipinski definition) is 2. The Morgan fingerprint density at radius 1 is 1.26 bits per heavy atom. The third-order valence-corrected chi connectivity index (χ3v) is 5.43. The Kier molecular flexibility index (Phi) is 8.49. The third kappa shape index (κ3) is 7.10. The molecule has 1 aromatic carbocycles. The first-order valence-electron chi connectivity index (χ1n) is 9.12. The second-order valence-electron chi connectivity index (χ2n) is 6.49. The molecule has 0 atom stereocenters. The van der Waals surface area contributed by atoms with E-state index in [0.717, 1.165) is 57.1 Å². The van der Waals surface area contributed by atoms with Crippen molar-refractivity contribution >= 4 is 16.0 Å². The number of benzene rings is 1. The standard InChI is InChI=1S/C18H30N4O4S/c1-20-18(21-14-15-4-6-17(7-5-15)27(19,23)24)22-10-8-16(9-11-22)26-13-3-12-25-2/h4-7,16H,3,8-14H2,1-2H3,(H,20,21)(H2,19,23,24). The first-order valence-corrected chi connectivity index (χ1v) is 10.7. The number of hydrogen-bond acceptors (Lipinski definition) is 5.